The molecule has 0 spiro atoms. The molecule has 1 aliphatic heterocycles. The van der Waals surface area contributed by atoms with Crippen molar-refractivity contribution in [1.29, 1.82) is 0 Å². The summed E-state index contributed by atoms with van der Waals surface area (Å²) >= 11 is 0. The minimum atomic E-state index is 0.256. The van der Waals surface area contributed by atoms with E-state index in [0.717, 1.165) is 54.1 Å². The fourth-order valence-corrected chi connectivity index (χ4v) is 3.58. The second-order valence-corrected chi connectivity index (χ2v) is 6.92. The molecular weight excluding hydrogens is 354 g/mol. The SMILES string of the molecule is Oc1ccc(-c2[nH]ncc2CN2CCc3nc(-c4ccco4)ncc3C2)cc1. The number of aromatic hydroxyl groups is 1. The van der Waals surface area contributed by atoms with Gasteiger partial charge in [0.2, 0.25) is 0 Å². The molecule has 2 N–H and O–H groups in total. The highest BCUT2D eigenvalue weighted by molar-refractivity contribution is 5.63. The van der Waals surface area contributed by atoms with Gasteiger partial charge in [-0.05, 0) is 36.4 Å². The van der Waals surface area contributed by atoms with Crippen molar-refractivity contribution in [2.75, 3.05) is 6.54 Å². The molecular formula is C21H19N5O2. The molecule has 28 heavy (non-hydrogen) atoms. The van der Waals surface area contributed by atoms with Gasteiger partial charge in [0.1, 0.15) is 5.75 Å². The third-order valence-electron chi connectivity index (χ3n) is 5.02. The number of fused-ring (bicyclic) bond motifs is 1. The highest BCUT2D eigenvalue weighted by atomic mass is 16.3. The van der Waals surface area contributed by atoms with E-state index in [0.29, 0.717) is 11.6 Å². The molecule has 4 aromatic rings. The zero-order valence-corrected chi connectivity index (χ0v) is 15.2. The molecule has 0 unspecified atom stereocenters. The maximum Gasteiger partial charge on any atom is 0.195 e. The Labute approximate surface area is 161 Å². The van der Waals surface area contributed by atoms with Gasteiger partial charge in [-0.2, -0.15) is 5.10 Å². The minimum absolute atomic E-state index is 0.256. The smallest absolute Gasteiger partial charge is 0.195 e. The molecule has 1 aliphatic rings. The van der Waals surface area contributed by atoms with Gasteiger partial charge in [-0.15, -0.1) is 0 Å². The minimum Gasteiger partial charge on any atom is -0.508 e. The fourth-order valence-electron chi connectivity index (χ4n) is 3.58. The predicted molar refractivity (Wildman–Crippen MR) is 103 cm³/mol. The Bertz CT molecular complexity index is 1090. The van der Waals surface area contributed by atoms with Crippen molar-refractivity contribution in [3.63, 3.8) is 0 Å². The van der Waals surface area contributed by atoms with Crippen molar-refractivity contribution in [2.45, 2.75) is 19.5 Å². The lowest BCUT2D eigenvalue weighted by atomic mass is 10.0. The van der Waals surface area contributed by atoms with E-state index in [-0.39, 0.29) is 5.75 Å². The van der Waals surface area contributed by atoms with Crippen molar-refractivity contribution >= 4 is 0 Å². The first-order valence-corrected chi connectivity index (χ1v) is 9.19. The number of nitrogens with zero attached hydrogens (tertiary/aromatic N) is 4. The predicted octanol–water partition coefficient (Wildman–Crippen LogP) is 3.39. The van der Waals surface area contributed by atoms with Gasteiger partial charge in [-0.3, -0.25) is 10.00 Å². The summed E-state index contributed by atoms with van der Waals surface area (Å²) < 4.78 is 5.40. The lowest BCUT2D eigenvalue weighted by molar-refractivity contribution is 0.243. The third kappa shape index (κ3) is 3.16. The average Bonchev–Trinajstić information content (AvgIpc) is 3.41. The molecule has 4 heterocycles. The van der Waals surface area contributed by atoms with E-state index in [9.17, 15) is 5.11 Å². The van der Waals surface area contributed by atoms with Crippen LogP contribution in [0, 0.1) is 0 Å². The van der Waals surface area contributed by atoms with Crippen molar-refractivity contribution in [1.82, 2.24) is 25.1 Å². The van der Waals surface area contributed by atoms with Crippen LogP contribution >= 0.6 is 0 Å². The lowest BCUT2D eigenvalue weighted by Gasteiger charge is -2.27. The van der Waals surface area contributed by atoms with E-state index in [1.165, 1.54) is 0 Å². The Morgan fingerprint density at radius 3 is 2.86 bits per heavy atom. The number of phenolic OH excluding ortho intramolecular Hbond substituents is 1. The Kier molecular flexibility index (Phi) is 4.14. The van der Waals surface area contributed by atoms with E-state index in [2.05, 4.69) is 25.1 Å². The molecule has 0 aliphatic carbocycles. The van der Waals surface area contributed by atoms with Gasteiger partial charge in [0.05, 0.1) is 23.8 Å². The number of nitrogens with one attached hydrogen (secondary N) is 1. The van der Waals surface area contributed by atoms with E-state index >= 15 is 0 Å². The molecule has 0 fully saturated rings. The number of hydrogen-bond donors (Lipinski definition) is 2. The summed E-state index contributed by atoms with van der Waals surface area (Å²) in [6.45, 7) is 2.50. The van der Waals surface area contributed by atoms with Crippen LogP contribution in [0.15, 0.2) is 59.5 Å². The molecule has 0 radical (unpaired) electrons. The summed E-state index contributed by atoms with van der Waals surface area (Å²) in [5.74, 6) is 1.59. The summed E-state index contributed by atoms with van der Waals surface area (Å²) in [6, 6.07) is 10.9. The average molecular weight is 373 g/mol. The van der Waals surface area contributed by atoms with Crippen molar-refractivity contribution in [3.05, 3.63) is 71.9 Å². The maximum atomic E-state index is 9.51. The molecule has 7 nitrogen and oxygen atoms in total. The van der Waals surface area contributed by atoms with Crippen molar-refractivity contribution in [3.8, 4) is 28.6 Å². The molecule has 1 aromatic carbocycles. The van der Waals surface area contributed by atoms with Crippen LogP contribution in [0.1, 0.15) is 16.8 Å². The molecule has 0 saturated heterocycles. The zero-order chi connectivity index (χ0) is 18.9. The van der Waals surface area contributed by atoms with Gasteiger partial charge in [-0.1, -0.05) is 0 Å². The number of H-pyrrole nitrogens is 1. The summed E-state index contributed by atoms with van der Waals surface area (Å²) in [7, 11) is 0. The van der Waals surface area contributed by atoms with E-state index < -0.39 is 0 Å². The van der Waals surface area contributed by atoms with Gasteiger partial charge in [0.15, 0.2) is 11.6 Å². The monoisotopic (exact) mass is 373 g/mol. The first-order chi connectivity index (χ1) is 13.8. The molecule has 140 valence electrons. The second kappa shape index (κ2) is 6.94. The number of phenols is 1. The maximum absolute atomic E-state index is 9.51. The normalized spacial score (nSPS) is 14.1. The summed E-state index contributed by atoms with van der Waals surface area (Å²) in [5, 5.41) is 16.8. The quantitative estimate of drug-likeness (QED) is 0.570. The largest absolute Gasteiger partial charge is 0.508 e. The van der Waals surface area contributed by atoms with Crippen molar-refractivity contribution in [2.24, 2.45) is 0 Å². The number of benzene rings is 1. The molecule has 0 atom stereocenters. The zero-order valence-electron chi connectivity index (χ0n) is 15.2. The van der Waals surface area contributed by atoms with Gasteiger partial charge in [0, 0.05) is 48.9 Å². The van der Waals surface area contributed by atoms with E-state index in [4.69, 9.17) is 4.42 Å². The molecule has 7 heteroatoms. The van der Waals surface area contributed by atoms with Gasteiger partial charge in [0.25, 0.3) is 0 Å². The Morgan fingerprint density at radius 2 is 2.04 bits per heavy atom. The highest BCUT2D eigenvalue weighted by Gasteiger charge is 2.21. The van der Waals surface area contributed by atoms with Crippen LogP contribution in [0.5, 0.6) is 5.75 Å². The van der Waals surface area contributed by atoms with Crippen LogP contribution in [-0.4, -0.2) is 36.7 Å². The molecule has 5 rings (SSSR count). The second-order valence-electron chi connectivity index (χ2n) is 6.92. The van der Waals surface area contributed by atoms with Gasteiger partial charge >= 0.3 is 0 Å². The topological polar surface area (TPSA) is 91.1 Å². The number of aromatic amines is 1. The first-order valence-electron chi connectivity index (χ1n) is 9.19. The Hall–Kier alpha value is -3.45. The molecule has 3 aromatic heterocycles. The summed E-state index contributed by atoms with van der Waals surface area (Å²) in [6.07, 6.45) is 6.28. The molecule has 0 bridgehead atoms. The Balaban J connectivity index is 1.34. The molecule has 0 saturated carbocycles. The van der Waals surface area contributed by atoms with Crippen LogP contribution < -0.4 is 0 Å². The lowest BCUT2D eigenvalue weighted by Crippen LogP contribution is -2.31. The number of rotatable bonds is 4. The van der Waals surface area contributed by atoms with Crippen LogP contribution in [0.25, 0.3) is 22.8 Å². The van der Waals surface area contributed by atoms with E-state index in [1.54, 1.807) is 18.4 Å². The number of hydrogen-bond acceptors (Lipinski definition) is 6. The summed E-state index contributed by atoms with van der Waals surface area (Å²) in [5.41, 5.74) is 5.35. The van der Waals surface area contributed by atoms with Crippen LogP contribution in [-0.2, 0) is 19.5 Å². The first kappa shape index (κ1) is 16.7. The van der Waals surface area contributed by atoms with E-state index in [1.807, 2.05) is 36.7 Å². The molecule has 0 amide bonds. The summed E-state index contributed by atoms with van der Waals surface area (Å²) in [4.78, 5) is 11.5. The van der Waals surface area contributed by atoms with Gasteiger partial charge < -0.3 is 9.52 Å². The third-order valence-corrected chi connectivity index (χ3v) is 5.02. The number of aromatic nitrogens is 4. The standard InChI is InChI=1S/C21H19N5O2/c27-17-5-3-14(4-6-17)20-16(11-23-25-20)13-26-8-7-18-15(12-26)10-22-21(24-18)19-2-1-9-28-19/h1-6,9-11,27H,7-8,12-13H2,(H,23,25). The van der Waals surface area contributed by atoms with Gasteiger partial charge in [-0.25, -0.2) is 9.97 Å². The van der Waals surface area contributed by atoms with Crippen molar-refractivity contribution < 1.29 is 9.52 Å². The van der Waals surface area contributed by atoms with Crippen LogP contribution in [0.2, 0.25) is 0 Å². The van der Waals surface area contributed by atoms with Crippen LogP contribution in [0.4, 0.5) is 0 Å². The fraction of sp³-hybridized carbons (Fsp3) is 0.190. The Morgan fingerprint density at radius 1 is 1.14 bits per heavy atom. The highest BCUT2D eigenvalue weighted by Crippen LogP contribution is 2.27. The number of furan rings is 1. The van der Waals surface area contributed by atoms with Crippen LogP contribution in [0.3, 0.4) is 0 Å².